The normalized spacial score (nSPS) is 16.4. The summed E-state index contributed by atoms with van der Waals surface area (Å²) in [5, 5.41) is 7.18. The minimum Gasteiger partial charge on any atom is -0.476 e. The zero-order chi connectivity index (χ0) is 18.5. The number of ketones is 1. The number of hydrogen-bond acceptors (Lipinski definition) is 4. The Kier molecular flexibility index (Phi) is 6.09. The Balaban J connectivity index is 1.68. The quantitative estimate of drug-likeness (QED) is 0.791. The molecule has 140 valence electrons. The average molecular weight is 355 g/mol. The van der Waals surface area contributed by atoms with Crippen molar-refractivity contribution in [2.45, 2.75) is 58.4 Å². The summed E-state index contributed by atoms with van der Waals surface area (Å²) in [5.74, 6) is 1.13. The maximum absolute atomic E-state index is 12.6. The topological polar surface area (TPSA) is 81.0 Å². The number of ether oxygens (including phenoxy) is 1. The van der Waals surface area contributed by atoms with Crippen molar-refractivity contribution >= 4 is 5.78 Å². The van der Waals surface area contributed by atoms with Crippen LogP contribution in [0.15, 0.2) is 24.3 Å². The van der Waals surface area contributed by atoms with Gasteiger partial charge in [-0.25, -0.2) is 0 Å². The van der Waals surface area contributed by atoms with E-state index >= 15 is 0 Å². The molecule has 0 aliphatic heterocycles. The maximum atomic E-state index is 12.6. The number of rotatable bonds is 7. The second kappa shape index (κ2) is 8.49. The maximum Gasteiger partial charge on any atom is 0.240 e. The first-order valence-corrected chi connectivity index (χ1v) is 9.65. The fourth-order valence-corrected chi connectivity index (χ4v) is 3.85. The van der Waals surface area contributed by atoms with Gasteiger partial charge in [0.1, 0.15) is 0 Å². The molecule has 1 aromatic carbocycles. The zero-order valence-corrected chi connectivity index (χ0v) is 15.8. The van der Waals surface area contributed by atoms with Crippen LogP contribution in [0.3, 0.4) is 0 Å². The largest absolute Gasteiger partial charge is 0.476 e. The lowest BCUT2D eigenvalue weighted by molar-refractivity contribution is -0.121. The van der Waals surface area contributed by atoms with Crippen LogP contribution in [0.4, 0.5) is 0 Å². The number of carbonyl (C=O) groups is 1. The number of Topliss-reactive ketones (excluding diaryl/α,β-unsaturated/α-hetero) is 1. The summed E-state index contributed by atoms with van der Waals surface area (Å²) < 4.78 is 5.59. The molecule has 0 bridgehead atoms. The number of aromatic nitrogens is 2. The molecule has 26 heavy (non-hydrogen) atoms. The molecule has 0 saturated heterocycles. The van der Waals surface area contributed by atoms with Crippen LogP contribution in [0.5, 0.6) is 5.88 Å². The average Bonchev–Trinajstić information content (AvgIpc) is 3.03. The third-order valence-corrected chi connectivity index (χ3v) is 5.35. The lowest BCUT2D eigenvalue weighted by Crippen LogP contribution is -2.40. The molecule has 0 spiro atoms. The van der Waals surface area contributed by atoms with Crippen molar-refractivity contribution < 1.29 is 9.53 Å². The first kappa shape index (κ1) is 18.6. The molecule has 5 heteroatoms. The predicted molar refractivity (Wildman–Crippen MR) is 103 cm³/mol. The van der Waals surface area contributed by atoms with Gasteiger partial charge >= 0.3 is 0 Å². The zero-order valence-electron chi connectivity index (χ0n) is 15.8. The number of hydrogen-bond donors (Lipinski definition) is 2. The minimum absolute atomic E-state index is 0.152. The summed E-state index contributed by atoms with van der Waals surface area (Å²) in [6.07, 6.45) is 6.26. The predicted octanol–water partition coefficient (Wildman–Crippen LogP) is 3.80. The summed E-state index contributed by atoms with van der Waals surface area (Å²) in [7, 11) is 0. The molecule has 0 unspecified atom stereocenters. The van der Waals surface area contributed by atoms with Gasteiger partial charge in [0.25, 0.3) is 0 Å². The first-order valence-electron chi connectivity index (χ1n) is 9.65. The molecule has 1 aliphatic carbocycles. The van der Waals surface area contributed by atoms with Crippen molar-refractivity contribution in [1.82, 2.24) is 10.2 Å². The van der Waals surface area contributed by atoms with Crippen LogP contribution in [0.25, 0.3) is 11.1 Å². The van der Waals surface area contributed by atoms with E-state index in [4.69, 9.17) is 10.5 Å². The Morgan fingerprint density at radius 2 is 1.96 bits per heavy atom. The molecule has 0 amide bonds. The Morgan fingerprint density at radius 1 is 1.27 bits per heavy atom. The lowest BCUT2D eigenvalue weighted by Gasteiger charge is -2.26. The minimum atomic E-state index is -0.323. The number of nitrogens with two attached hydrogens (primary N) is 1. The van der Waals surface area contributed by atoms with Crippen molar-refractivity contribution in [3.8, 4) is 17.0 Å². The standard InChI is InChI=1S/C21H29N3O2/c1-3-26-21-19(14(2)23-24-21)16-11-9-15(10-12-16)13-18(25)20(22)17-7-5-4-6-8-17/h9-12,17,20H,3-8,13,22H2,1-2H3,(H,23,24)/t20-/m0/s1. The van der Waals surface area contributed by atoms with E-state index in [0.717, 1.165) is 35.2 Å². The van der Waals surface area contributed by atoms with Crippen LogP contribution in [0.1, 0.15) is 50.3 Å². The number of nitrogens with zero attached hydrogens (tertiary/aromatic N) is 1. The van der Waals surface area contributed by atoms with Gasteiger partial charge in [-0.05, 0) is 43.7 Å². The van der Waals surface area contributed by atoms with E-state index in [0.29, 0.717) is 24.8 Å². The monoisotopic (exact) mass is 355 g/mol. The van der Waals surface area contributed by atoms with Crippen molar-refractivity contribution in [1.29, 1.82) is 0 Å². The summed E-state index contributed by atoms with van der Waals surface area (Å²) in [4.78, 5) is 12.6. The molecular formula is C21H29N3O2. The summed E-state index contributed by atoms with van der Waals surface area (Å²) in [6.45, 7) is 4.49. The molecule has 3 rings (SSSR count). The highest BCUT2D eigenvalue weighted by Crippen LogP contribution is 2.31. The van der Waals surface area contributed by atoms with Gasteiger partial charge in [-0.2, -0.15) is 0 Å². The van der Waals surface area contributed by atoms with Crippen LogP contribution in [0, 0.1) is 12.8 Å². The number of nitrogens with one attached hydrogen (secondary N) is 1. The SMILES string of the molecule is CCOc1n[nH]c(C)c1-c1ccc(CC(=O)[C@@H](N)C2CCCCC2)cc1. The molecular weight excluding hydrogens is 326 g/mol. The van der Waals surface area contributed by atoms with Gasteiger partial charge in [0.2, 0.25) is 5.88 Å². The smallest absolute Gasteiger partial charge is 0.240 e. The second-order valence-electron chi connectivity index (χ2n) is 7.23. The number of aromatic amines is 1. The van der Waals surface area contributed by atoms with Crippen molar-refractivity contribution in [3.05, 3.63) is 35.5 Å². The molecule has 1 atom stereocenters. The molecule has 2 aromatic rings. The van der Waals surface area contributed by atoms with Crippen LogP contribution >= 0.6 is 0 Å². The Morgan fingerprint density at radius 3 is 2.62 bits per heavy atom. The van der Waals surface area contributed by atoms with E-state index in [-0.39, 0.29) is 11.8 Å². The number of H-pyrrole nitrogens is 1. The van der Waals surface area contributed by atoms with E-state index in [1.807, 2.05) is 38.1 Å². The highest BCUT2D eigenvalue weighted by molar-refractivity contribution is 5.86. The summed E-state index contributed by atoms with van der Waals surface area (Å²) >= 11 is 0. The van der Waals surface area contributed by atoms with Crippen molar-refractivity contribution in [2.24, 2.45) is 11.7 Å². The van der Waals surface area contributed by atoms with Gasteiger partial charge in [-0.3, -0.25) is 9.89 Å². The Bertz CT molecular complexity index is 730. The van der Waals surface area contributed by atoms with Gasteiger partial charge in [-0.15, -0.1) is 5.10 Å². The van der Waals surface area contributed by atoms with E-state index in [1.54, 1.807) is 0 Å². The van der Waals surface area contributed by atoms with Gasteiger partial charge in [0.05, 0.1) is 18.2 Å². The molecule has 1 fully saturated rings. The Labute approximate surface area is 155 Å². The molecule has 5 nitrogen and oxygen atoms in total. The van der Waals surface area contributed by atoms with E-state index in [9.17, 15) is 4.79 Å². The summed E-state index contributed by atoms with van der Waals surface area (Å²) in [6, 6.07) is 7.73. The first-order chi connectivity index (χ1) is 12.6. The van der Waals surface area contributed by atoms with Crippen LogP contribution < -0.4 is 10.5 Å². The fourth-order valence-electron chi connectivity index (χ4n) is 3.85. The number of benzene rings is 1. The van der Waals surface area contributed by atoms with E-state index in [1.165, 1.54) is 19.3 Å². The number of aryl methyl sites for hydroxylation is 1. The van der Waals surface area contributed by atoms with Gasteiger partial charge in [0, 0.05) is 12.1 Å². The summed E-state index contributed by atoms with van der Waals surface area (Å²) in [5.41, 5.74) is 10.2. The van der Waals surface area contributed by atoms with Crippen molar-refractivity contribution in [2.75, 3.05) is 6.61 Å². The molecule has 1 aromatic heterocycles. The third-order valence-electron chi connectivity index (χ3n) is 5.35. The van der Waals surface area contributed by atoms with Crippen LogP contribution in [-0.2, 0) is 11.2 Å². The highest BCUT2D eigenvalue weighted by Gasteiger charge is 2.26. The van der Waals surface area contributed by atoms with E-state index in [2.05, 4.69) is 10.2 Å². The lowest BCUT2D eigenvalue weighted by atomic mass is 9.81. The number of carbonyl (C=O) groups excluding carboxylic acids is 1. The fraction of sp³-hybridized carbons (Fsp3) is 0.524. The molecule has 1 heterocycles. The van der Waals surface area contributed by atoms with Crippen LogP contribution in [0.2, 0.25) is 0 Å². The second-order valence-corrected chi connectivity index (χ2v) is 7.23. The molecule has 1 saturated carbocycles. The Hall–Kier alpha value is -2.14. The molecule has 1 aliphatic rings. The van der Waals surface area contributed by atoms with Crippen molar-refractivity contribution in [3.63, 3.8) is 0 Å². The molecule has 3 N–H and O–H groups in total. The molecule has 0 radical (unpaired) electrons. The third kappa shape index (κ3) is 4.15. The van der Waals surface area contributed by atoms with E-state index < -0.39 is 0 Å². The van der Waals surface area contributed by atoms with Crippen LogP contribution in [-0.4, -0.2) is 28.6 Å². The van der Waals surface area contributed by atoms with Gasteiger partial charge in [0.15, 0.2) is 5.78 Å². The van der Waals surface area contributed by atoms with Gasteiger partial charge < -0.3 is 10.5 Å². The highest BCUT2D eigenvalue weighted by atomic mass is 16.5. The van der Waals surface area contributed by atoms with Gasteiger partial charge in [-0.1, -0.05) is 43.5 Å².